The van der Waals surface area contributed by atoms with Crippen molar-refractivity contribution in [2.75, 3.05) is 55.7 Å². The average Bonchev–Trinajstić information content (AvgIpc) is 3.57. The maximum absolute atomic E-state index is 13.5. The molecule has 0 saturated carbocycles. The first-order chi connectivity index (χ1) is 24.7. The molecule has 1 N–H and O–H groups in total. The number of anilines is 2. The molecule has 6 heterocycles. The van der Waals surface area contributed by atoms with E-state index in [4.69, 9.17) is 16.3 Å². The number of fused-ring (bicyclic) bond motifs is 1. The highest BCUT2D eigenvalue weighted by atomic mass is 35.5. The number of urea groups is 1. The fraction of sp³-hybridized carbons (Fsp3) is 0.417. The summed E-state index contributed by atoms with van der Waals surface area (Å²) in [6, 6.07) is 10.8. The van der Waals surface area contributed by atoms with Crippen molar-refractivity contribution in [2.45, 2.75) is 51.2 Å². The number of halogens is 1. The molecule has 0 unspecified atom stereocenters. The molecule has 1 aromatic carbocycles. The topological polar surface area (TPSA) is 153 Å². The summed E-state index contributed by atoms with van der Waals surface area (Å²) in [4.78, 5) is 54.4. The number of amides is 4. The number of benzene rings is 1. The molecule has 264 valence electrons. The number of nitrogens with one attached hydrogen (secondary N) is 1. The number of hydrogen-bond donors (Lipinski definition) is 1. The fourth-order valence-corrected chi connectivity index (χ4v) is 7.43. The van der Waals surface area contributed by atoms with Crippen LogP contribution >= 0.6 is 11.6 Å². The third-order valence-electron chi connectivity index (χ3n) is 10.0. The predicted octanol–water partition coefficient (Wildman–Crippen LogP) is 4.25. The second-order valence-electron chi connectivity index (χ2n) is 13.3. The summed E-state index contributed by atoms with van der Waals surface area (Å²) in [5.74, 6) is 0.132. The van der Waals surface area contributed by atoms with E-state index < -0.39 is 6.03 Å². The van der Waals surface area contributed by atoms with E-state index in [-0.39, 0.29) is 36.4 Å². The number of carbonyl (C=O) groups is 3. The van der Waals surface area contributed by atoms with Gasteiger partial charge in [-0.15, -0.1) is 0 Å². The van der Waals surface area contributed by atoms with Gasteiger partial charge in [-0.25, -0.2) is 9.78 Å². The van der Waals surface area contributed by atoms with E-state index in [1.54, 1.807) is 47.9 Å². The zero-order valence-corrected chi connectivity index (χ0v) is 29.3. The first kappa shape index (κ1) is 34.2. The quantitative estimate of drug-likeness (QED) is 0.281. The van der Waals surface area contributed by atoms with Crippen LogP contribution in [0.4, 0.5) is 16.2 Å². The summed E-state index contributed by atoms with van der Waals surface area (Å²) in [6.45, 7) is 8.57. The highest BCUT2D eigenvalue weighted by molar-refractivity contribution is 6.32. The summed E-state index contributed by atoms with van der Waals surface area (Å²) < 4.78 is 7.97. The normalized spacial score (nSPS) is 20.4. The molecular formula is C36H39ClN10O4. The Kier molecular flexibility index (Phi) is 9.75. The van der Waals surface area contributed by atoms with Gasteiger partial charge in [0, 0.05) is 81.1 Å². The molecule has 0 aliphatic carbocycles. The number of piperazine rings is 1. The van der Waals surface area contributed by atoms with Gasteiger partial charge in [-0.3, -0.25) is 34.4 Å². The number of carbonyl (C=O) groups excluding carboxylic acids is 3. The smallest absolute Gasteiger partial charge is 0.328 e. The van der Waals surface area contributed by atoms with Gasteiger partial charge in [0.25, 0.3) is 5.91 Å². The van der Waals surface area contributed by atoms with E-state index >= 15 is 0 Å². The number of rotatable bonds is 8. The van der Waals surface area contributed by atoms with Crippen LogP contribution in [0.15, 0.2) is 55.1 Å². The molecule has 3 aromatic heterocycles. The van der Waals surface area contributed by atoms with Crippen molar-refractivity contribution in [2.24, 2.45) is 0 Å². The Morgan fingerprint density at radius 1 is 1.04 bits per heavy atom. The third kappa shape index (κ3) is 7.04. The zero-order chi connectivity index (χ0) is 35.6. The van der Waals surface area contributed by atoms with Crippen LogP contribution in [0.2, 0.25) is 5.02 Å². The Morgan fingerprint density at radius 2 is 1.86 bits per heavy atom. The van der Waals surface area contributed by atoms with Crippen molar-refractivity contribution in [1.82, 2.24) is 34.9 Å². The summed E-state index contributed by atoms with van der Waals surface area (Å²) >= 11 is 6.29. The molecule has 15 heteroatoms. The summed E-state index contributed by atoms with van der Waals surface area (Å²) in [5.41, 5.74) is 3.41. The zero-order valence-electron chi connectivity index (χ0n) is 28.5. The molecular weight excluding hydrogens is 672 g/mol. The number of likely N-dealkylation sites (tertiary alicyclic amines) is 1. The van der Waals surface area contributed by atoms with Gasteiger partial charge in [0.05, 0.1) is 52.0 Å². The lowest BCUT2D eigenvalue weighted by molar-refractivity contribution is -0.120. The van der Waals surface area contributed by atoms with Crippen LogP contribution in [-0.2, 0) is 4.79 Å². The van der Waals surface area contributed by atoms with Crippen LogP contribution < -0.4 is 19.9 Å². The largest absolute Gasteiger partial charge is 0.476 e. The predicted molar refractivity (Wildman–Crippen MR) is 191 cm³/mol. The van der Waals surface area contributed by atoms with Crippen LogP contribution in [0.5, 0.6) is 5.88 Å². The first-order valence-electron chi connectivity index (χ1n) is 17.2. The Hall–Kier alpha value is -5.26. The summed E-state index contributed by atoms with van der Waals surface area (Å²) in [6.07, 6.45) is 8.84. The molecule has 4 aromatic rings. The van der Waals surface area contributed by atoms with Crippen molar-refractivity contribution < 1.29 is 19.1 Å². The van der Waals surface area contributed by atoms with Gasteiger partial charge >= 0.3 is 6.03 Å². The van der Waals surface area contributed by atoms with Crippen LogP contribution in [0.25, 0.3) is 10.9 Å². The van der Waals surface area contributed by atoms with Crippen LogP contribution in [0.3, 0.4) is 0 Å². The minimum atomic E-state index is -0.439. The highest BCUT2D eigenvalue weighted by Crippen LogP contribution is 2.32. The van der Waals surface area contributed by atoms with Crippen molar-refractivity contribution in [3.8, 4) is 11.9 Å². The summed E-state index contributed by atoms with van der Waals surface area (Å²) in [5, 5.41) is 17.5. The maximum atomic E-state index is 13.5. The standard InChI is InChI=1S/C36H39ClN10O4/c1-23-22-46(24(2)21-45(23)28-5-3-25(16-38)30(37)15-28)35(49)26-4-6-34(40-17-26)51-14-13-43-10-7-27(8-11-43)47-32-20-39-19-31(29(32)18-41-47)44-12-9-33(48)42-36(44)50/h3-6,15,17-20,23-24,27H,7-14,21-22H2,1-2H3,(H,42,48,50)/t23-,24+/m0/s1. The minimum absolute atomic E-state index is 0.0415. The number of nitrogens with zero attached hydrogens (tertiary/aromatic N) is 9. The van der Waals surface area contributed by atoms with E-state index in [9.17, 15) is 19.6 Å². The van der Waals surface area contributed by atoms with Gasteiger partial charge < -0.3 is 14.5 Å². The number of pyridine rings is 2. The van der Waals surface area contributed by atoms with E-state index in [0.717, 1.165) is 49.1 Å². The highest BCUT2D eigenvalue weighted by Gasteiger charge is 2.33. The van der Waals surface area contributed by atoms with Crippen LogP contribution in [0.1, 0.15) is 55.1 Å². The Morgan fingerprint density at radius 3 is 2.59 bits per heavy atom. The Balaban J connectivity index is 0.883. The molecule has 14 nitrogen and oxygen atoms in total. The number of hydrogen-bond acceptors (Lipinski definition) is 10. The lowest BCUT2D eigenvalue weighted by Gasteiger charge is -2.45. The molecule has 7 rings (SSSR count). The van der Waals surface area contributed by atoms with Crippen LogP contribution in [-0.4, -0.2) is 105 Å². The monoisotopic (exact) mass is 710 g/mol. The molecule has 3 aliphatic heterocycles. The Labute approximate surface area is 300 Å². The van der Waals surface area contributed by atoms with Gasteiger partial charge in [0.2, 0.25) is 11.8 Å². The maximum Gasteiger partial charge on any atom is 0.328 e. The number of aromatic nitrogens is 4. The third-order valence-corrected chi connectivity index (χ3v) is 10.4. The lowest BCUT2D eigenvalue weighted by atomic mass is 10.0. The molecule has 3 saturated heterocycles. The van der Waals surface area contributed by atoms with Gasteiger partial charge in [0.15, 0.2) is 0 Å². The molecule has 2 atom stereocenters. The second kappa shape index (κ2) is 14.5. The van der Waals surface area contributed by atoms with Gasteiger partial charge in [0.1, 0.15) is 12.7 Å². The molecule has 0 radical (unpaired) electrons. The van der Waals surface area contributed by atoms with Gasteiger partial charge in [-0.1, -0.05) is 11.6 Å². The van der Waals surface area contributed by atoms with Crippen molar-refractivity contribution >= 4 is 51.7 Å². The van der Waals surface area contributed by atoms with E-state index in [0.29, 0.717) is 54.0 Å². The molecule has 0 spiro atoms. The van der Waals surface area contributed by atoms with Crippen molar-refractivity contribution in [3.05, 3.63) is 71.3 Å². The number of imide groups is 1. The molecule has 51 heavy (non-hydrogen) atoms. The first-order valence-corrected chi connectivity index (χ1v) is 17.6. The summed E-state index contributed by atoms with van der Waals surface area (Å²) in [7, 11) is 0. The SMILES string of the molecule is C[C@@H]1CN(c2ccc(C#N)c(Cl)c2)[C@@H](C)CN1C(=O)c1ccc(OCCN2CCC(n3ncc4c(N5CCC(=O)NC5=O)cncc43)CC2)nc1. The van der Waals surface area contributed by atoms with Crippen LogP contribution in [0, 0.1) is 11.3 Å². The van der Waals surface area contributed by atoms with Crippen molar-refractivity contribution in [3.63, 3.8) is 0 Å². The molecule has 3 fully saturated rings. The van der Waals surface area contributed by atoms with Crippen molar-refractivity contribution in [1.29, 1.82) is 5.26 Å². The molecule has 0 bridgehead atoms. The van der Waals surface area contributed by atoms with E-state index in [1.165, 1.54) is 0 Å². The van der Waals surface area contributed by atoms with E-state index in [2.05, 4.69) is 43.2 Å². The average molecular weight is 711 g/mol. The number of ether oxygens (including phenoxy) is 1. The van der Waals surface area contributed by atoms with Gasteiger partial charge in [-0.2, -0.15) is 10.4 Å². The van der Waals surface area contributed by atoms with Gasteiger partial charge in [-0.05, 0) is 51.0 Å². The second-order valence-corrected chi connectivity index (χ2v) is 13.7. The number of piperidine rings is 1. The fourth-order valence-electron chi connectivity index (χ4n) is 7.21. The molecule has 4 amide bonds. The lowest BCUT2D eigenvalue weighted by Crippen LogP contribution is -2.58. The number of nitriles is 1. The Bertz CT molecular complexity index is 1990. The van der Waals surface area contributed by atoms with E-state index in [1.807, 2.05) is 28.6 Å². The minimum Gasteiger partial charge on any atom is -0.476 e. The molecule has 3 aliphatic rings.